The second-order valence-electron chi connectivity index (χ2n) is 5.34. The second-order valence-corrected chi connectivity index (χ2v) is 6.15. The average Bonchev–Trinajstić information content (AvgIpc) is 2.95. The molecule has 1 aliphatic heterocycles. The monoisotopic (exact) mass is 325 g/mol. The van der Waals surface area contributed by atoms with Gasteiger partial charge in [0.05, 0.1) is 15.6 Å². The summed E-state index contributed by atoms with van der Waals surface area (Å²) >= 11 is 12.3. The van der Waals surface area contributed by atoms with Gasteiger partial charge in [-0.05, 0) is 50.4 Å². The predicted octanol–water partition coefficient (Wildman–Crippen LogP) is 3.98. The van der Waals surface area contributed by atoms with Crippen molar-refractivity contribution in [1.29, 1.82) is 0 Å². The topological polar surface area (TPSA) is 51.0 Å². The Morgan fingerprint density at radius 3 is 2.62 bits per heavy atom. The fraction of sp³-hybridized carbons (Fsp3) is 0.467. The summed E-state index contributed by atoms with van der Waals surface area (Å²) in [5.74, 6) is 1.86. The van der Waals surface area contributed by atoms with Gasteiger partial charge in [-0.15, -0.1) is 0 Å². The van der Waals surface area contributed by atoms with E-state index in [1.54, 1.807) is 18.2 Å². The number of piperidine rings is 1. The Bertz CT molecular complexity index is 588. The number of aromatic nitrogens is 2. The van der Waals surface area contributed by atoms with Crippen LogP contribution < -0.4 is 5.32 Å². The molecule has 1 aliphatic rings. The summed E-state index contributed by atoms with van der Waals surface area (Å²) in [5, 5.41) is 8.45. The first kappa shape index (κ1) is 14.8. The lowest BCUT2D eigenvalue weighted by molar-refractivity contribution is 0.324. The van der Waals surface area contributed by atoms with Gasteiger partial charge < -0.3 is 9.84 Å². The van der Waals surface area contributed by atoms with Gasteiger partial charge >= 0.3 is 0 Å². The number of nitrogens with zero attached hydrogens (tertiary/aromatic N) is 2. The summed E-state index contributed by atoms with van der Waals surface area (Å²) in [6.07, 6.45) is 4.33. The van der Waals surface area contributed by atoms with Crippen molar-refractivity contribution in [3.63, 3.8) is 0 Å². The first-order valence-corrected chi connectivity index (χ1v) is 7.97. The van der Waals surface area contributed by atoms with Crippen LogP contribution in [0.15, 0.2) is 22.7 Å². The van der Waals surface area contributed by atoms with Crippen LogP contribution in [0.2, 0.25) is 10.0 Å². The van der Waals surface area contributed by atoms with Crippen LogP contribution in [-0.2, 0) is 6.42 Å². The van der Waals surface area contributed by atoms with Gasteiger partial charge in [0.2, 0.25) is 11.7 Å². The van der Waals surface area contributed by atoms with E-state index in [-0.39, 0.29) is 0 Å². The largest absolute Gasteiger partial charge is 0.339 e. The zero-order chi connectivity index (χ0) is 14.7. The predicted molar refractivity (Wildman–Crippen MR) is 83.7 cm³/mol. The molecule has 1 aromatic carbocycles. The minimum Gasteiger partial charge on any atom is -0.339 e. The van der Waals surface area contributed by atoms with Gasteiger partial charge in [0.1, 0.15) is 0 Å². The zero-order valence-electron chi connectivity index (χ0n) is 11.6. The molecule has 1 saturated heterocycles. The van der Waals surface area contributed by atoms with Crippen LogP contribution in [0.1, 0.15) is 25.2 Å². The molecule has 0 unspecified atom stereocenters. The lowest BCUT2D eigenvalue weighted by Gasteiger charge is -2.21. The molecule has 0 saturated carbocycles. The molecule has 4 nitrogen and oxygen atoms in total. The van der Waals surface area contributed by atoms with Crippen LogP contribution in [-0.4, -0.2) is 23.2 Å². The molecule has 0 radical (unpaired) electrons. The van der Waals surface area contributed by atoms with E-state index >= 15 is 0 Å². The van der Waals surface area contributed by atoms with Gasteiger partial charge in [-0.25, -0.2) is 0 Å². The first-order chi connectivity index (χ1) is 10.2. The summed E-state index contributed by atoms with van der Waals surface area (Å²) in [6.45, 7) is 2.21. The highest BCUT2D eigenvalue weighted by molar-refractivity contribution is 6.38. The quantitative estimate of drug-likeness (QED) is 0.923. The number of halogens is 2. The van der Waals surface area contributed by atoms with Crippen LogP contribution in [0.4, 0.5) is 0 Å². The second kappa shape index (κ2) is 6.77. The van der Waals surface area contributed by atoms with Gasteiger partial charge in [-0.3, -0.25) is 0 Å². The van der Waals surface area contributed by atoms with Crippen molar-refractivity contribution < 1.29 is 4.52 Å². The van der Waals surface area contributed by atoms with Crippen molar-refractivity contribution in [2.24, 2.45) is 5.92 Å². The third kappa shape index (κ3) is 3.57. The molecule has 6 heteroatoms. The number of aryl methyl sites for hydroxylation is 1. The van der Waals surface area contributed by atoms with E-state index in [0.717, 1.165) is 31.8 Å². The molecule has 0 bridgehead atoms. The Balaban J connectivity index is 1.68. The summed E-state index contributed by atoms with van der Waals surface area (Å²) in [4.78, 5) is 4.42. The normalized spacial score (nSPS) is 16.3. The molecule has 0 aliphatic carbocycles. The van der Waals surface area contributed by atoms with Crippen molar-refractivity contribution in [2.75, 3.05) is 13.1 Å². The van der Waals surface area contributed by atoms with Gasteiger partial charge in [0.15, 0.2) is 0 Å². The SMILES string of the molecule is Clc1cccc(Cl)c1-c1noc(CCC2CCNCC2)n1. The van der Waals surface area contributed by atoms with Gasteiger partial charge in [0, 0.05) is 6.42 Å². The maximum Gasteiger partial charge on any atom is 0.226 e. The standard InChI is InChI=1S/C15H17Cl2N3O/c16-11-2-1-3-12(17)14(11)15-19-13(21-20-15)5-4-10-6-8-18-9-7-10/h1-3,10,18H,4-9H2. The van der Waals surface area contributed by atoms with E-state index in [4.69, 9.17) is 27.7 Å². The van der Waals surface area contributed by atoms with E-state index in [1.165, 1.54) is 12.8 Å². The fourth-order valence-electron chi connectivity index (χ4n) is 2.67. The van der Waals surface area contributed by atoms with E-state index in [1.807, 2.05) is 0 Å². The van der Waals surface area contributed by atoms with Crippen LogP contribution in [0.3, 0.4) is 0 Å². The molecular weight excluding hydrogens is 309 g/mol. The van der Waals surface area contributed by atoms with Gasteiger partial charge in [-0.1, -0.05) is 34.4 Å². The highest BCUT2D eigenvalue weighted by atomic mass is 35.5. The van der Waals surface area contributed by atoms with Crippen LogP contribution in [0.25, 0.3) is 11.4 Å². The Kier molecular flexibility index (Phi) is 4.78. The number of rotatable bonds is 4. The fourth-order valence-corrected chi connectivity index (χ4v) is 3.23. The van der Waals surface area contributed by atoms with E-state index in [9.17, 15) is 0 Å². The summed E-state index contributed by atoms with van der Waals surface area (Å²) in [7, 11) is 0. The molecular formula is C15H17Cl2N3O. The van der Waals surface area contributed by atoms with Crippen LogP contribution >= 0.6 is 23.2 Å². The number of hydrogen-bond donors (Lipinski definition) is 1. The highest BCUT2D eigenvalue weighted by Crippen LogP contribution is 2.32. The summed E-state index contributed by atoms with van der Waals surface area (Å²) in [6, 6.07) is 5.34. The molecule has 0 spiro atoms. The smallest absolute Gasteiger partial charge is 0.226 e. The number of hydrogen-bond acceptors (Lipinski definition) is 4. The lowest BCUT2D eigenvalue weighted by atomic mass is 9.93. The Hall–Kier alpha value is -1.10. The minimum atomic E-state index is 0.464. The van der Waals surface area contributed by atoms with Crippen molar-refractivity contribution in [2.45, 2.75) is 25.7 Å². The van der Waals surface area contributed by atoms with Crippen molar-refractivity contribution >= 4 is 23.2 Å². The Morgan fingerprint density at radius 2 is 1.90 bits per heavy atom. The minimum absolute atomic E-state index is 0.464. The van der Waals surface area contributed by atoms with E-state index in [0.29, 0.717) is 27.3 Å². The molecule has 112 valence electrons. The van der Waals surface area contributed by atoms with E-state index < -0.39 is 0 Å². The van der Waals surface area contributed by atoms with Crippen LogP contribution in [0, 0.1) is 5.92 Å². The van der Waals surface area contributed by atoms with Crippen molar-refractivity contribution in [3.8, 4) is 11.4 Å². The molecule has 1 aromatic heterocycles. The maximum atomic E-state index is 6.16. The first-order valence-electron chi connectivity index (χ1n) is 7.21. The molecule has 2 heterocycles. The zero-order valence-corrected chi connectivity index (χ0v) is 13.1. The molecule has 3 rings (SSSR count). The average molecular weight is 326 g/mol. The van der Waals surface area contributed by atoms with Crippen molar-refractivity contribution in [3.05, 3.63) is 34.1 Å². The number of benzene rings is 1. The lowest BCUT2D eigenvalue weighted by Crippen LogP contribution is -2.27. The van der Waals surface area contributed by atoms with Crippen molar-refractivity contribution in [1.82, 2.24) is 15.5 Å². The molecule has 2 aromatic rings. The molecule has 21 heavy (non-hydrogen) atoms. The third-order valence-electron chi connectivity index (χ3n) is 3.88. The third-order valence-corrected chi connectivity index (χ3v) is 4.51. The van der Waals surface area contributed by atoms with Gasteiger partial charge in [-0.2, -0.15) is 4.98 Å². The maximum absolute atomic E-state index is 6.16. The van der Waals surface area contributed by atoms with E-state index in [2.05, 4.69) is 15.5 Å². The van der Waals surface area contributed by atoms with Crippen LogP contribution in [0.5, 0.6) is 0 Å². The molecule has 0 atom stereocenters. The highest BCUT2D eigenvalue weighted by Gasteiger charge is 2.17. The molecule has 1 fully saturated rings. The summed E-state index contributed by atoms with van der Waals surface area (Å²) < 4.78 is 5.33. The Labute approximate surface area is 133 Å². The Morgan fingerprint density at radius 1 is 1.19 bits per heavy atom. The summed E-state index contributed by atoms with van der Waals surface area (Å²) in [5.41, 5.74) is 0.637. The van der Waals surface area contributed by atoms with Gasteiger partial charge in [0.25, 0.3) is 0 Å². The number of nitrogens with one attached hydrogen (secondary N) is 1. The molecule has 0 amide bonds. The molecule has 1 N–H and O–H groups in total.